The molecule has 2 heterocycles. The van der Waals surface area contributed by atoms with Gasteiger partial charge in [0.05, 0.1) is 18.4 Å². The Kier molecular flexibility index (Phi) is 2.45. The van der Waals surface area contributed by atoms with E-state index in [2.05, 4.69) is 15.3 Å². The Labute approximate surface area is 98.8 Å². The van der Waals surface area contributed by atoms with Crippen LogP contribution < -0.4 is 14.8 Å². The maximum absolute atomic E-state index is 5.35. The lowest BCUT2D eigenvalue weighted by atomic mass is 10.1. The summed E-state index contributed by atoms with van der Waals surface area (Å²) < 4.78 is 10.6. The molecular weight excluding hydrogens is 218 g/mol. The number of aromatic amines is 1. The molecule has 17 heavy (non-hydrogen) atoms. The molecular formula is C12H13N3O2. The second-order valence-corrected chi connectivity index (χ2v) is 3.84. The summed E-state index contributed by atoms with van der Waals surface area (Å²) in [4.78, 5) is 7.54. The van der Waals surface area contributed by atoms with Crippen LogP contribution in [0.1, 0.15) is 5.82 Å². The van der Waals surface area contributed by atoms with Crippen LogP contribution in [-0.2, 0) is 6.54 Å². The number of fused-ring (bicyclic) bond motifs is 1. The van der Waals surface area contributed by atoms with E-state index in [1.165, 1.54) is 0 Å². The molecule has 3 rings (SSSR count). The van der Waals surface area contributed by atoms with Crippen molar-refractivity contribution in [3.63, 3.8) is 0 Å². The number of hydrogen-bond acceptors (Lipinski definition) is 4. The number of benzene rings is 1. The number of imidazole rings is 1. The van der Waals surface area contributed by atoms with Gasteiger partial charge in [0.15, 0.2) is 11.5 Å². The van der Waals surface area contributed by atoms with Gasteiger partial charge in [0.25, 0.3) is 0 Å². The molecule has 2 aromatic rings. The molecule has 88 valence electrons. The van der Waals surface area contributed by atoms with Gasteiger partial charge in [-0.2, -0.15) is 0 Å². The summed E-state index contributed by atoms with van der Waals surface area (Å²) in [5.74, 6) is 2.50. The molecule has 1 aromatic heterocycles. The predicted molar refractivity (Wildman–Crippen MR) is 62.9 cm³/mol. The zero-order valence-corrected chi connectivity index (χ0v) is 9.49. The van der Waals surface area contributed by atoms with E-state index in [0.29, 0.717) is 6.79 Å². The van der Waals surface area contributed by atoms with Crippen molar-refractivity contribution < 1.29 is 9.47 Å². The molecule has 5 nitrogen and oxygen atoms in total. The summed E-state index contributed by atoms with van der Waals surface area (Å²) in [7, 11) is 1.89. The molecule has 1 aliphatic heterocycles. The van der Waals surface area contributed by atoms with E-state index in [-0.39, 0.29) is 0 Å². The van der Waals surface area contributed by atoms with Crippen LogP contribution in [0, 0.1) is 0 Å². The normalized spacial score (nSPS) is 13.0. The van der Waals surface area contributed by atoms with Gasteiger partial charge < -0.3 is 19.8 Å². The van der Waals surface area contributed by atoms with E-state index in [1.807, 2.05) is 31.4 Å². The van der Waals surface area contributed by atoms with E-state index in [0.717, 1.165) is 35.1 Å². The molecule has 1 aromatic carbocycles. The van der Waals surface area contributed by atoms with Crippen molar-refractivity contribution in [2.24, 2.45) is 0 Å². The Hall–Kier alpha value is -2.01. The number of aromatic nitrogens is 2. The molecule has 0 fully saturated rings. The lowest BCUT2D eigenvalue weighted by Crippen LogP contribution is -2.06. The summed E-state index contributed by atoms with van der Waals surface area (Å²) in [5.41, 5.74) is 2.03. The summed E-state index contributed by atoms with van der Waals surface area (Å²) in [5, 5.41) is 3.05. The minimum absolute atomic E-state index is 0.298. The van der Waals surface area contributed by atoms with Gasteiger partial charge in [-0.1, -0.05) is 0 Å². The van der Waals surface area contributed by atoms with Gasteiger partial charge in [0.2, 0.25) is 6.79 Å². The highest BCUT2D eigenvalue weighted by molar-refractivity contribution is 5.64. The number of ether oxygens (including phenoxy) is 2. The maximum atomic E-state index is 5.35. The van der Waals surface area contributed by atoms with Crippen LogP contribution in [0.3, 0.4) is 0 Å². The van der Waals surface area contributed by atoms with E-state index in [4.69, 9.17) is 9.47 Å². The summed E-state index contributed by atoms with van der Waals surface area (Å²) in [6.07, 6.45) is 1.82. The SMILES string of the molecule is CNCc1ncc(-c2ccc3c(c2)OCO3)[nH]1. The third-order valence-electron chi connectivity index (χ3n) is 2.66. The minimum Gasteiger partial charge on any atom is -0.454 e. The molecule has 2 N–H and O–H groups in total. The van der Waals surface area contributed by atoms with E-state index < -0.39 is 0 Å². The van der Waals surface area contributed by atoms with Crippen molar-refractivity contribution in [2.75, 3.05) is 13.8 Å². The molecule has 0 aliphatic carbocycles. The third kappa shape index (κ3) is 1.85. The van der Waals surface area contributed by atoms with Crippen LogP contribution >= 0.6 is 0 Å². The van der Waals surface area contributed by atoms with Crippen molar-refractivity contribution in [2.45, 2.75) is 6.54 Å². The molecule has 0 saturated carbocycles. The molecule has 5 heteroatoms. The van der Waals surface area contributed by atoms with Crippen molar-refractivity contribution in [1.82, 2.24) is 15.3 Å². The van der Waals surface area contributed by atoms with E-state index >= 15 is 0 Å². The highest BCUT2D eigenvalue weighted by atomic mass is 16.7. The number of nitrogens with one attached hydrogen (secondary N) is 2. The fourth-order valence-electron chi connectivity index (χ4n) is 1.83. The molecule has 1 aliphatic rings. The molecule has 0 spiro atoms. The lowest BCUT2D eigenvalue weighted by molar-refractivity contribution is 0.174. The van der Waals surface area contributed by atoms with Crippen LogP contribution in [0.2, 0.25) is 0 Å². The molecule has 0 saturated heterocycles. The third-order valence-corrected chi connectivity index (χ3v) is 2.66. The first-order valence-electron chi connectivity index (χ1n) is 5.45. The zero-order chi connectivity index (χ0) is 11.7. The Morgan fingerprint density at radius 3 is 3.12 bits per heavy atom. The van der Waals surface area contributed by atoms with Gasteiger partial charge in [-0.25, -0.2) is 4.98 Å². The van der Waals surface area contributed by atoms with E-state index in [9.17, 15) is 0 Å². The molecule has 0 bridgehead atoms. The highest BCUT2D eigenvalue weighted by Gasteiger charge is 2.14. The highest BCUT2D eigenvalue weighted by Crippen LogP contribution is 2.35. The van der Waals surface area contributed by atoms with Gasteiger partial charge in [-0.15, -0.1) is 0 Å². The van der Waals surface area contributed by atoms with Crippen LogP contribution in [-0.4, -0.2) is 23.8 Å². The lowest BCUT2D eigenvalue weighted by Gasteiger charge is -2.00. The van der Waals surface area contributed by atoms with Crippen LogP contribution in [0.4, 0.5) is 0 Å². The Morgan fingerprint density at radius 2 is 2.24 bits per heavy atom. The number of nitrogens with zero attached hydrogens (tertiary/aromatic N) is 1. The Bertz CT molecular complexity index is 536. The summed E-state index contributed by atoms with van der Waals surface area (Å²) in [6.45, 7) is 1.03. The first-order chi connectivity index (χ1) is 8.36. The van der Waals surface area contributed by atoms with Crippen molar-refractivity contribution in [3.8, 4) is 22.8 Å². The van der Waals surface area contributed by atoms with E-state index in [1.54, 1.807) is 0 Å². The molecule has 0 atom stereocenters. The van der Waals surface area contributed by atoms with Gasteiger partial charge in [-0.3, -0.25) is 0 Å². The topological polar surface area (TPSA) is 59.2 Å². The average molecular weight is 231 g/mol. The quantitative estimate of drug-likeness (QED) is 0.841. The van der Waals surface area contributed by atoms with Crippen molar-refractivity contribution in [1.29, 1.82) is 0 Å². The van der Waals surface area contributed by atoms with Crippen molar-refractivity contribution in [3.05, 3.63) is 30.2 Å². The van der Waals surface area contributed by atoms with Crippen LogP contribution in [0.5, 0.6) is 11.5 Å². The average Bonchev–Trinajstić information content (AvgIpc) is 2.96. The summed E-state index contributed by atoms with van der Waals surface area (Å²) in [6, 6.07) is 5.86. The Balaban J connectivity index is 1.92. The van der Waals surface area contributed by atoms with Gasteiger partial charge in [0.1, 0.15) is 5.82 Å². The predicted octanol–water partition coefficient (Wildman–Crippen LogP) is 1.52. The minimum atomic E-state index is 0.298. The fraction of sp³-hybridized carbons (Fsp3) is 0.250. The maximum Gasteiger partial charge on any atom is 0.231 e. The fourth-order valence-corrected chi connectivity index (χ4v) is 1.83. The largest absolute Gasteiger partial charge is 0.454 e. The van der Waals surface area contributed by atoms with Gasteiger partial charge >= 0.3 is 0 Å². The summed E-state index contributed by atoms with van der Waals surface area (Å²) >= 11 is 0. The van der Waals surface area contributed by atoms with Gasteiger partial charge in [0, 0.05) is 5.56 Å². The van der Waals surface area contributed by atoms with Gasteiger partial charge in [-0.05, 0) is 25.2 Å². The molecule has 0 radical (unpaired) electrons. The second-order valence-electron chi connectivity index (χ2n) is 3.84. The first-order valence-corrected chi connectivity index (χ1v) is 5.45. The van der Waals surface area contributed by atoms with Crippen molar-refractivity contribution >= 4 is 0 Å². The molecule has 0 unspecified atom stereocenters. The monoisotopic (exact) mass is 231 g/mol. The Morgan fingerprint density at radius 1 is 1.35 bits per heavy atom. The molecule has 0 amide bonds. The van der Waals surface area contributed by atoms with Crippen LogP contribution in [0.15, 0.2) is 24.4 Å². The number of rotatable bonds is 3. The number of H-pyrrole nitrogens is 1. The number of hydrogen-bond donors (Lipinski definition) is 2. The standard InChI is InChI=1S/C12H13N3O2/c1-13-6-12-14-5-9(15-12)8-2-3-10-11(4-8)17-7-16-10/h2-5,13H,6-7H2,1H3,(H,14,15). The first kappa shape index (κ1) is 10.2. The zero-order valence-electron chi connectivity index (χ0n) is 9.49. The van der Waals surface area contributed by atoms with Crippen LogP contribution in [0.25, 0.3) is 11.3 Å². The second kappa shape index (κ2) is 4.10. The smallest absolute Gasteiger partial charge is 0.231 e.